The molecule has 3 aromatic rings. The molecule has 0 radical (unpaired) electrons. The largest absolute Gasteiger partial charge is 0.337 e. The number of H-pyrrole nitrogens is 1. The molecule has 4 nitrogen and oxygen atoms in total. The van der Waals surface area contributed by atoms with E-state index in [1.54, 1.807) is 12.1 Å². The Labute approximate surface area is 156 Å². The fourth-order valence-electron chi connectivity index (χ4n) is 2.54. The molecule has 10 heteroatoms. The van der Waals surface area contributed by atoms with Crippen molar-refractivity contribution < 1.29 is 26.0 Å². The normalized spacial score (nSPS) is 12.0. The highest BCUT2D eigenvalue weighted by molar-refractivity contribution is 7.90. The van der Waals surface area contributed by atoms with Gasteiger partial charge in [-0.1, -0.05) is 23.7 Å². The first-order chi connectivity index (χ1) is 12.6. The van der Waals surface area contributed by atoms with Crippen LogP contribution in [0.5, 0.6) is 0 Å². The van der Waals surface area contributed by atoms with Gasteiger partial charge in [-0.25, -0.2) is 31.0 Å². The van der Waals surface area contributed by atoms with Crippen LogP contribution in [0, 0.1) is 11.6 Å². The molecule has 0 unspecified atom stereocenters. The number of rotatable bonds is 4. The smallest absolute Gasteiger partial charge is 0.295 e. The van der Waals surface area contributed by atoms with Crippen molar-refractivity contribution in [2.75, 3.05) is 6.26 Å². The van der Waals surface area contributed by atoms with Crippen LogP contribution in [0.25, 0.3) is 22.5 Å². The molecule has 0 atom stereocenters. The van der Waals surface area contributed by atoms with Gasteiger partial charge in [-0.05, 0) is 24.3 Å². The number of nitrogens with zero attached hydrogens (tertiary/aromatic N) is 1. The molecule has 1 heterocycles. The van der Waals surface area contributed by atoms with Gasteiger partial charge < -0.3 is 4.98 Å². The maximum atomic E-state index is 14.5. The second-order valence-electron chi connectivity index (χ2n) is 5.69. The average molecular weight is 419 g/mol. The van der Waals surface area contributed by atoms with Crippen molar-refractivity contribution in [3.8, 4) is 22.5 Å². The van der Waals surface area contributed by atoms with E-state index in [0.29, 0.717) is 22.7 Å². The van der Waals surface area contributed by atoms with Crippen molar-refractivity contribution in [1.29, 1.82) is 0 Å². The van der Waals surface area contributed by atoms with Gasteiger partial charge in [0.1, 0.15) is 16.5 Å². The molecule has 0 saturated carbocycles. The molecule has 0 spiro atoms. The lowest BCUT2D eigenvalue weighted by molar-refractivity contribution is 0.141. The van der Waals surface area contributed by atoms with E-state index in [1.807, 2.05) is 0 Å². The lowest BCUT2D eigenvalue weighted by Gasteiger charge is -2.08. The van der Waals surface area contributed by atoms with E-state index in [1.165, 1.54) is 12.1 Å². The monoisotopic (exact) mass is 418 g/mol. The SMILES string of the molecule is CS(=O)(=O)c1cc(F)c(-c2[nH]c(C(F)F)nc2-c2cccc(Cl)c2)cc1F. The van der Waals surface area contributed by atoms with Crippen molar-refractivity contribution in [3.63, 3.8) is 0 Å². The molecule has 0 aliphatic rings. The van der Waals surface area contributed by atoms with E-state index in [4.69, 9.17) is 11.6 Å². The van der Waals surface area contributed by atoms with Gasteiger partial charge >= 0.3 is 0 Å². The van der Waals surface area contributed by atoms with Crippen molar-refractivity contribution in [2.24, 2.45) is 0 Å². The summed E-state index contributed by atoms with van der Waals surface area (Å²) in [5.74, 6) is -3.06. The summed E-state index contributed by atoms with van der Waals surface area (Å²) < 4.78 is 78.0. The summed E-state index contributed by atoms with van der Waals surface area (Å²) in [6.07, 6.45) is -2.26. The molecule has 2 aromatic carbocycles. The van der Waals surface area contributed by atoms with E-state index in [9.17, 15) is 26.0 Å². The number of hydrogen-bond donors (Lipinski definition) is 1. The van der Waals surface area contributed by atoms with Gasteiger partial charge in [-0.3, -0.25) is 0 Å². The molecule has 27 heavy (non-hydrogen) atoms. The van der Waals surface area contributed by atoms with Crippen LogP contribution < -0.4 is 0 Å². The zero-order valence-corrected chi connectivity index (χ0v) is 15.2. The fraction of sp³-hybridized carbons (Fsp3) is 0.118. The summed E-state index contributed by atoms with van der Waals surface area (Å²) in [6, 6.07) is 7.16. The minimum Gasteiger partial charge on any atom is -0.337 e. The molecular formula is C17H11ClF4N2O2S. The zero-order chi connectivity index (χ0) is 19.9. The topological polar surface area (TPSA) is 62.8 Å². The first-order valence-electron chi connectivity index (χ1n) is 7.41. The summed E-state index contributed by atoms with van der Waals surface area (Å²) in [6.45, 7) is 0. The molecule has 0 aliphatic carbocycles. The highest BCUT2D eigenvalue weighted by Gasteiger charge is 2.24. The standard InChI is InChI=1S/C17H11ClF4N2O2S/c1-27(25,26)13-7-11(19)10(6-12(13)20)15-14(23-17(24-15)16(21)22)8-3-2-4-9(18)5-8/h2-7,16H,1H3,(H,23,24). The number of alkyl halides is 2. The predicted molar refractivity (Wildman–Crippen MR) is 92.5 cm³/mol. The molecule has 1 N–H and O–H groups in total. The number of benzene rings is 2. The molecule has 0 aliphatic heterocycles. The summed E-state index contributed by atoms with van der Waals surface area (Å²) in [4.78, 5) is 5.22. The van der Waals surface area contributed by atoms with Gasteiger partial charge in [0.15, 0.2) is 15.7 Å². The lowest BCUT2D eigenvalue weighted by atomic mass is 10.0. The minimum atomic E-state index is -4.01. The first kappa shape index (κ1) is 19.4. The van der Waals surface area contributed by atoms with Gasteiger partial charge in [0, 0.05) is 22.4 Å². The Kier molecular flexibility index (Phi) is 5.00. The van der Waals surface area contributed by atoms with Gasteiger partial charge in [-0.2, -0.15) is 0 Å². The molecule has 0 amide bonds. The van der Waals surface area contributed by atoms with Gasteiger partial charge in [0.2, 0.25) is 0 Å². The number of sulfone groups is 1. The van der Waals surface area contributed by atoms with E-state index in [2.05, 4.69) is 9.97 Å². The molecule has 0 saturated heterocycles. The Morgan fingerprint density at radius 1 is 1.11 bits per heavy atom. The maximum Gasteiger partial charge on any atom is 0.295 e. The molecular weight excluding hydrogens is 408 g/mol. The third kappa shape index (κ3) is 3.84. The molecule has 3 rings (SSSR count). The van der Waals surface area contributed by atoms with Crippen molar-refractivity contribution in [3.05, 3.63) is 58.9 Å². The third-order valence-electron chi connectivity index (χ3n) is 3.72. The highest BCUT2D eigenvalue weighted by Crippen LogP contribution is 2.36. The molecule has 0 bridgehead atoms. The van der Waals surface area contributed by atoms with Crippen molar-refractivity contribution in [2.45, 2.75) is 11.3 Å². The Morgan fingerprint density at radius 3 is 2.41 bits per heavy atom. The van der Waals surface area contributed by atoms with Crippen LogP contribution in [0.4, 0.5) is 17.6 Å². The fourth-order valence-corrected chi connectivity index (χ4v) is 3.46. The third-order valence-corrected chi connectivity index (χ3v) is 5.06. The first-order valence-corrected chi connectivity index (χ1v) is 9.68. The van der Waals surface area contributed by atoms with E-state index in [0.717, 1.165) is 6.26 Å². The van der Waals surface area contributed by atoms with Crippen LogP contribution in [0.15, 0.2) is 41.3 Å². The number of aromatic amines is 1. The summed E-state index contributed by atoms with van der Waals surface area (Å²) in [5, 5.41) is 0.291. The summed E-state index contributed by atoms with van der Waals surface area (Å²) >= 11 is 5.90. The van der Waals surface area contributed by atoms with Crippen LogP contribution >= 0.6 is 11.6 Å². The molecule has 142 valence electrons. The van der Waals surface area contributed by atoms with Crippen LogP contribution in [-0.4, -0.2) is 24.6 Å². The van der Waals surface area contributed by atoms with Crippen LogP contribution in [0.2, 0.25) is 5.02 Å². The van der Waals surface area contributed by atoms with Crippen molar-refractivity contribution in [1.82, 2.24) is 9.97 Å². The number of hydrogen-bond acceptors (Lipinski definition) is 3. The van der Waals surface area contributed by atoms with Crippen LogP contribution in [-0.2, 0) is 9.84 Å². The Morgan fingerprint density at radius 2 is 1.81 bits per heavy atom. The zero-order valence-electron chi connectivity index (χ0n) is 13.6. The Balaban J connectivity index is 2.27. The molecule has 0 fully saturated rings. The number of imidazole rings is 1. The lowest BCUT2D eigenvalue weighted by Crippen LogP contribution is -2.03. The van der Waals surface area contributed by atoms with Gasteiger partial charge in [-0.15, -0.1) is 0 Å². The van der Waals surface area contributed by atoms with E-state index < -0.39 is 44.2 Å². The Bertz CT molecular complexity index is 1130. The highest BCUT2D eigenvalue weighted by atomic mass is 35.5. The summed E-state index contributed by atoms with van der Waals surface area (Å²) in [5.41, 5.74) is -0.427. The number of aromatic nitrogens is 2. The number of halogens is 5. The predicted octanol–water partition coefficient (Wildman–Crippen LogP) is 5.02. The Hall–Kier alpha value is -2.39. The number of nitrogens with one attached hydrogen (secondary N) is 1. The average Bonchev–Trinajstić information content (AvgIpc) is 3.01. The molecule has 1 aromatic heterocycles. The van der Waals surface area contributed by atoms with E-state index in [-0.39, 0.29) is 11.4 Å². The summed E-state index contributed by atoms with van der Waals surface area (Å²) in [7, 11) is -4.01. The van der Waals surface area contributed by atoms with Crippen LogP contribution in [0.3, 0.4) is 0 Å². The van der Waals surface area contributed by atoms with Gasteiger partial charge in [0.25, 0.3) is 6.43 Å². The van der Waals surface area contributed by atoms with E-state index >= 15 is 0 Å². The van der Waals surface area contributed by atoms with Crippen LogP contribution in [0.1, 0.15) is 12.2 Å². The maximum absolute atomic E-state index is 14.5. The quantitative estimate of drug-likeness (QED) is 0.605. The van der Waals surface area contributed by atoms with Crippen molar-refractivity contribution >= 4 is 21.4 Å². The second-order valence-corrected chi connectivity index (χ2v) is 8.11. The van der Waals surface area contributed by atoms with Gasteiger partial charge in [0.05, 0.1) is 11.4 Å². The second kappa shape index (κ2) is 6.97. The minimum absolute atomic E-state index is 0.0711.